The van der Waals surface area contributed by atoms with Crippen molar-refractivity contribution in [2.45, 2.75) is 98.2 Å². The second-order valence-electron chi connectivity index (χ2n) is 12.6. The molecule has 0 radical (unpaired) electrons. The highest BCUT2D eigenvalue weighted by Gasteiger charge is 2.42. The number of amides is 1. The first-order valence-corrected chi connectivity index (χ1v) is 12.4. The number of nitrogens with two attached hydrogens (primary N) is 2. The van der Waals surface area contributed by atoms with Crippen LogP contribution in [0.5, 0.6) is 0 Å². The molecule has 1 aliphatic carbocycles. The van der Waals surface area contributed by atoms with Crippen molar-refractivity contribution in [3.05, 3.63) is 0 Å². The second kappa shape index (κ2) is 9.64. The summed E-state index contributed by atoms with van der Waals surface area (Å²) in [5.74, 6) is 0.805. The molecular formula is C24H48N6O. The fourth-order valence-corrected chi connectivity index (χ4v) is 5.76. The third-order valence-corrected chi connectivity index (χ3v) is 8.06. The summed E-state index contributed by atoms with van der Waals surface area (Å²) in [6.07, 6.45) is 5.67. The number of rotatable bonds is 4. The number of nitrogens with one attached hydrogen (secondary N) is 3. The van der Waals surface area contributed by atoms with E-state index in [0.717, 1.165) is 38.8 Å². The third kappa shape index (κ3) is 6.41. The van der Waals surface area contributed by atoms with E-state index in [0.29, 0.717) is 24.4 Å². The third-order valence-electron chi connectivity index (χ3n) is 8.06. The molecule has 1 amide bonds. The van der Waals surface area contributed by atoms with Gasteiger partial charge in [-0.3, -0.25) is 25.6 Å². The molecule has 2 saturated heterocycles. The van der Waals surface area contributed by atoms with E-state index >= 15 is 0 Å². The monoisotopic (exact) mass is 436 g/mol. The molecule has 0 aromatic rings. The van der Waals surface area contributed by atoms with Crippen LogP contribution in [0.1, 0.15) is 73.6 Å². The van der Waals surface area contributed by atoms with Gasteiger partial charge in [0.25, 0.3) is 0 Å². The maximum Gasteiger partial charge on any atom is 0.224 e. The van der Waals surface area contributed by atoms with Crippen molar-refractivity contribution >= 4 is 5.91 Å². The Morgan fingerprint density at radius 1 is 1.03 bits per heavy atom. The zero-order valence-corrected chi connectivity index (χ0v) is 20.7. The summed E-state index contributed by atoms with van der Waals surface area (Å²) >= 11 is 0. The molecule has 5 unspecified atom stereocenters. The lowest BCUT2D eigenvalue weighted by Gasteiger charge is -2.49. The molecule has 31 heavy (non-hydrogen) atoms. The Morgan fingerprint density at radius 2 is 1.65 bits per heavy atom. The second-order valence-corrected chi connectivity index (χ2v) is 12.6. The Labute approximate surface area is 189 Å². The molecule has 1 saturated carbocycles. The Balaban J connectivity index is 1.73. The van der Waals surface area contributed by atoms with Gasteiger partial charge in [-0.15, -0.1) is 0 Å². The predicted molar refractivity (Wildman–Crippen MR) is 127 cm³/mol. The van der Waals surface area contributed by atoms with Crippen molar-refractivity contribution in [1.29, 1.82) is 0 Å². The summed E-state index contributed by atoms with van der Waals surface area (Å²) in [5, 5.41) is 11.0. The Hall–Kier alpha value is -0.730. The van der Waals surface area contributed by atoms with E-state index < -0.39 is 0 Å². The van der Waals surface area contributed by atoms with Crippen LogP contribution >= 0.6 is 0 Å². The minimum atomic E-state index is -0.266. The number of hydrogen-bond donors (Lipinski definition) is 5. The maximum absolute atomic E-state index is 12.3. The molecule has 0 spiro atoms. The molecule has 7 N–H and O–H groups in total. The average Bonchev–Trinajstić information content (AvgIpc) is 2.66. The molecule has 2 aliphatic heterocycles. The molecule has 3 aliphatic rings. The largest absolute Gasteiger partial charge is 0.369 e. The van der Waals surface area contributed by atoms with Gasteiger partial charge >= 0.3 is 0 Å². The van der Waals surface area contributed by atoms with E-state index in [1.807, 2.05) is 0 Å². The molecule has 2 heterocycles. The summed E-state index contributed by atoms with van der Waals surface area (Å²) in [4.78, 5) is 14.6. The molecule has 7 heteroatoms. The highest BCUT2D eigenvalue weighted by Crippen LogP contribution is 2.46. The molecule has 3 rings (SSSR count). The van der Waals surface area contributed by atoms with Crippen molar-refractivity contribution in [2.24, 2.45) is 40.1 Å². The number of piperidine rings is 1. The van der Waals surface area contributed by atoms with Crippen molar-refractivity contribution in [3.8, 4) is 0 Å². The standard InChI is InChI=1S/C24H48N6O/c1-23(2,3)15-10-16(24(4,5)6)12-18(11-15)28-21-19(20(26)31)13-27-22(29-21)30-9-7-8-17(25)14-30/h15-19,21-22,27-29H,7-14,25H2,1-6H3,(H2,26,31)/t15?,16?,17-,18?,19?,21?,22?/m0/s1. The SMILES string of the molecule is CC(C)(C)C1CC(NC2NC(N3CCC[C@H](N)C3)NCC2C(N)=O)CC(C(C)(C)C)C1. The lowest BCUT2D eigenvalue weighted by molar-refractivity contribution is -0.125. The van der Waals surface area contributed by atoms with Gasteiger partial charge in [-0.25, -0.2) is 0 Å². The van der Waals surface area contributed by atoms with Crippen LogP contribution in [-0.2, 0) is 4.79 Å². The molecule has 0 bridgehead atoms. The molecule has 180 valence electrons. The average molecular weight is 437 g/mol. The topological polar surface area (TPSA) is 108 Å². The van der Waals surface area contributed by atoms with E-state index in [2.05, 4.69) is 62.4 Å². The number of carbonyl (C=O) groups excluding carboxylic acids is 1. The maximum atomic E-state index is 12.3. The summed E-state index contributed by atoms with van der Waals surface area (Å²) < 4.78 is 0. The summed E-state index contributed by atoms with van der Waals surface area (Å²) in [5.41, 5.74) is 12.6. The Kier molecular flexibility index (Phi) is 7.74. The van der Waals surface area contributed by atoms with Crippen molar-refractivity contribution in [3.63, 3.8) is 0 Å². The van der Waals surface area contributed by atoms with E-state index in [-0.39, 0.29) is 41.2 Å². The molecule has 0 aromatic heterocycles. The lowest BCUT2D eigenvalue weighted by atomic mass is 9.62. The number of likely N-dealkylation sites (tertiary alicyclic amines) is 1. The van der Waals surface area contributed by atoms with Gasteiger partial charge in [0.1, 0.15) is 6.29 Å². The Bertz CT molecular complexity index is 590. The number of nitrogens with zero attached hydrogens (tertiary/aromatic N) is 1. The lowest BCUT2D eigenvalue weighted by Crippen LogP contribution is -2.72. The zero-order chi connectivity index (χ0) is 23.0. The first-order chi connectivity index (χ1) is 14.3. The quantitative estimate of drug-likeness (QED) is 0.460. The van der Waals surface area contributed by atoms with Gasteiger partial charge in [0.15, 0.2) is 0 Å². The Morgan fingerprint density at radius 3 is 2.16 bits per heavy atom. The van der Waals surface area contributed by atoms with E-state index in [9.17, 15) is 4.79 Å². The molecular weight excluding hydrogens is 388 g/mol. The summed E-state index contributed by atoms with van der Waals surface area (Å²) in [6.45, 7) is 16.7. The molecule has 7 nitrogen and oxygen atoms in total. The van der Waals surface area contributed by atoms with Crippen LogP contribution < -0.4 is 27.4 Å². The fraction of sp³-hybridized carbons (Fsp3) is 0.958. The van der Waals surface area contributed by atoms with Crippen LogP contribution in [0.15, 0.2) is 0 Å². The number of hydrogen-bond acceptors (Lipinski definition) is 6. The zero-order valence-electron chi connectivity index (χ0n) is 20.7. The smallest absolute Gasteiger partial charge is 0.224 e. The van der Waals surface area contributed by atoms with Gasteiger partial charge in [-0.1, -0.05) is 41.5 Å². The van der Waals surface area contributed by atoms with Gasteiger partial charge in [0, 0.05) is 31.7 Å². The summed E-state index contributed by atoms with van der Waals surface area (Å²) in [6, 6.07) is 0.597. The van der Waals surface area contributed by atoms with Crippen LogP contribution in [-0.4, -0.2) is 55.0 Å². The van der Waals surface area contributed by atoms with Crippen LogP contribution in [0.3, 0.4) is 0 Å². The number of carbonyl (C=O) groups is 1. The van der Waals surface area contributed by atoms with Crippen LogP contribution in [0.2, 0.25) is 0 Å². The van der Waals surface area contributed by atoms with Crippen molar-refractivity contribution in [1.82, 2.24) is 20.9 Å². The minimum absolute atomic E-state index is 0.0277. The van der Waals surface area contributed by atoms with Crippen LogP contribution in [0.25, 0.3) is 0 Å². The van der Waals surface area contributed by atoms with Crippen molar-refractivity contribution < 1.29 is 4.79 Å². The van der Waals surface area contributed by atoms with Gasteiger partial charge < -0.3 is 11.5 Å². The highest BCUT2D eigenvalue weighted by molar-refractivity contribution is 5.77. The van der Waals surface area contributed by atoms with Gasteiger partial charge in [-0.2, -0.15) is 0 Å². The van der Waals surface area contributed by atoms with Gasteiger partial charge in [0.2, 0.25) is 5.91 Å². The van der Waals surface area contributed by atoms with E-state index in [1.165, 1.54) is 6.42 Å². The minimum Gasteiger partial charge on any atom is -0.369 e. The predicted octanol–water partition coefficient (Wildman–Crippen LogP) is 1.78. The molecule has 3 fully saturated rings. The molecule has 6 atom stereocenters. The summed E-state index contributed by atoms with van der Waals surface area (Å²) in [7, 11) is 0. The van der Waals surface area contributed by atoms with E-state index in [4.69, 9.17) is 11.5 Å². The number of primary amides is 1. The highest BCUT2D eigenvalue weighted by atomic mass is 16.1. The molecule has 0 aromatic carbocycles. The van der Waals surface area contributed by atoms with Gasteiger partial charge in [0.05, 0.1) is 12.1 Å². The van der Waals surface area contributed by atoms with Crippen LogP contribution in [0.4, 0.5) is 0 Å². The first-order valence-electron chi connectivity index (χ1n) is 12.4. The normalized spacial score (nSPS) is 38.7. The fourth-order valence-electron chi connectivity index (χ4n) is 5.76. The van der Waals surface area contributed by atoms with Gasteiger partial charge in [-0.05, 0) is 54.8 Å². The van der Waals surface area contributed by atoms with Crippen molar-refractivity contribution in [2.75, 3.05) is 19.6 Å². The van der Waals surface area contributed by atoms with E-state index in [1.54, 1.807) is 0 Å². The van der Waals surface area contributed by atoms with Crippen LogP contribution in [0, 0.1) is 28.6 Å². The first kappa shape index (κ1) is 24.9.